The van der Waals surface area contributed by atoms with Gasteiger partial charge in [0.2, 0.25) is 0 Å². The lowest BCUT2D eigenvalue weighted by molar-refractivity contribution is 0.304. The van der Waals surface area contributed by atoms with Crippen molar-refractivity contribution in [2.75, 3.05) is 0 Å². The second kappa shape index (κ2) is 5.67. The monoisotopic (exact) mass is 243 g/mol. The van der Waals surface area contributed by atoms with E-state index in [1.807, 2.05) is 25.8 Å². The standard InChI is InChI=1S/C14H15BFNO/c1-15(2)13-6-5-12(8-14(13)16)18-10-11-4-3-7-17-9-11/h3-9H,10H2,1-2H3. The molecule has 2 rings (SSSR count). The zero-order chi connectivity index (χ0) is 13.0. The second-order valence-electron chi connectivity index (χ2n) is 4.49. The maximum absolute atomic E-state index is 13.7. The van der Waals surface area contributed by atoms with Crippen LogP contribution in [0.25, 0.3) is 0 Å². The Morgan fingerprint density at radius 3 is 2.72 bits per heavy atom. The van der Waals surface area contributed by atoms with Crippen LogP contribution in [0.5, 0.6) is 5.75 Å². The molecule has 0 radical (unpaired) electrons. The maximum Gasteiger partial charge on any atom is 0.173 e. The topological polar surface area (TPSA) is 22.1 Å². The molecule has 1 aromatic carbocycles. The SMILES string of the molecule is CB(C)c1ccc(OCc2cccnc2)cc1F. The average molecular weight is 243 g/mol. The molecule has 0 fully saturated rings. The van der Waals surface area contributed by atoms with Crippen LogP contribution in [0.15, 0.2) is 42.7 Å². The average Bonchev–Trinajstić information content (AvgIpc) is 2.37. The van der Waals surface area contributed by atoms with Gasteiger partial charge in [-0.05, 0) is 17.6 Å². The lowest BCUT2D eigenvalue weighted by Crippen LogP contribution is -2.25. The molecule has 0 saturated heterocycles. The van der Waals surface area contributed by atoms with Crippen molar-refractivity contribution < 1.29 is 9.13 Å². The van der Waals surface area contributed by atoms with Crippen LogP contribution in [0.1, 0.15) is 5.56 Å². The molecule has 0 bridgehead atoms. The largest absolute Gasteiger partial charge is 0.489 e. The highest BCUT2D eigenvalue weighted by atomic mass is 19.1. The van der Waals surface area contributed by atoms with E-state index in [0.717, 1.165) is 5.56 Å². The number of aromatic nitrogens is 1. The van der Waals surface area contributed by atoms with Gasteiger partial charge in [-0.2, -0.15) is 0 Å². The summed E-state index contributed by atoms with van der Waals surface area (Å²) in [6.07, 6.45) is 3.44. The summed E-state index contributed by atoms with van der Waals surface area (Å²) in [5.41, 5.74) is 1.68. The second-order valence-corrected chi connectivity index (χ2v) is 4.49. The Kier molecular flexibility index (Phi) is 3.97. The van der Waals surface area contributed by atoms with Gasteiger partial charge in [0.15, 0.2) is 6.71 Å². The first-order valence-corrected chi connectivity index (χ1v) is 5.98. The summed E-state index contributed by atoms with van der Waals surface area (Å²) < 4.78 is 19.3. The zero-order valence-corrected chi connectivity index (χ0v) is 10.6. The Labute approximate surface area is 107 Å². The van der Waals surface area contributed by atoms with Crippen LogP contribution in [0.4, 0.5) is 4.39 Å². The van der Waals surface area contributed by atoms with Crippen molar-refractivity contribution in [2.45, 2.75) is 20.3 Å². The summed E-state index contributed by atoms with van der Waals surface area (Å²) in [6, 6.07) is 8.78. The Hall–Kier alpha value is -1.84. The Balaban J connectivity index is 2.05. The maximum atomic E-state index is 13.7. The highest BCUT2D eigenvalue weighted by molar-refractivity contribution is 6.70. The van der Waals surface area contributed by atoms with Gasteiger partial charge in [0.1, 0.15) is 18.2 Å². The van der Waals surface area contributed by atoms with Crippen LogP contribution < -0.4 is 10.2 Å². The number of pyridine rings is 1. The van der Waals surface area contributed by atoms with Crippen molar-refractivity contribution in [3.05, 3.63) is 54.1 Å². The molecule has 1 heterocycles. The molecular weight excluding hydrogens is 228 g/mol. The molecule has 4 heteroatoms. The first-order chi connectivity index (χ1) is 8.66. The summed E-state index contributed by atoms with van der Waals surface area (Å²) in [5.74, 6) is 0.328. The van der Waals surface area contributed by atoms with Crippen molar-refractivity contribution in [1.82, 2.24) is 4.98 Å². The summed E-state index contributed by atoms with van der Waals surface area (Å²) in [7, 11) is 0. The van der Waals surface area contributed by atoms with Crippen LogP contribution in [-0.2, 0) is 6.61 Å². The molecule has 0 amide bonds. The molecule has 0 aliphatic carbocycles. The Bertz CT molecular complexity index is 516. The molecule has 0 atom stereocenters. The van der Waals surface area contributed by atoms with Gasteiger partial charge in [-0.15, -0.1) is 0 Å². The van der Waals surface area contributed by atoms with E-state index in [9.17, 15) is 4.39 Å². The smallest absolute Gasteiger partial charge is 0.173 e. The van der Waals surface area contributed by atoms with E-state index in [1.54, 1.807) is 24.5 Å². The summed E-state index contributed by atoms with van der Waals surface area (Å²) in [4.78, 5) is 4.00. The summed E-state index contributed by atoms with van der Waals surface area (Å²) in [6.45, 7) is 4.51. The molecule has 18 heavy (non-hydrogen) atoms. The van der Waals surface area contributed by atoms with Crippen LogP contribution >= 0.6 is 0 Å². The van der Waals surface area contributed by atoms with Gasteiger partial charge < -0.3 is 4.74 Å². The molecular formula is C14H15BFNO. The molecule has 92 valence electrons. The van der Waals surface area contributed by atoms with E-state index in [2.05, 4.69) is 4.98 Å². The fourth-order valence-electron chi connectivity index (χ4n) is 1.72. The van der Waals surface area contributed by atoms with Crippen molar-refractivity contribution in [2.24, 2.45) is 0 Å². The third-order valence-corrected chi connectivity index (χ3v) is 2.72. The summed E-state index contributed by atoms with van der Waals surface area (Å²) in [5, 5.41) is 0. The number of halogens is 1. The zero-order valence-electron chi connectivity index (χ0n) is 10.6. The van der Waals surface area contributed by atoms with Crippen molar-refractivity contribution in [1.29, 1.82) is 0 Å². The minimum absolute atomic E-state index is 0.178. The number of nitrogens with zero attached hydrogens (tertiary/aromatic N) is 1. The van der Waals surface area contributed by atoms with Crippen LogP contribution in [-0.4, -0.2) is 11.7 Å². The van der Waals surface area contributed by atoms with Crippen molar-refractivity contribution in [3.8, 4) is 5.75 Å². The predicted octanol–water partition coefficient (Wildman–Crippen LogP) is 2.76. The van der Waals surface area contributed by atoms with Gasteiger partial charge in [0.25, 0.3) is 0 Å². The van der Waals surface area contributed by atoms with Crippen LogP contribution in [0.3, 0.4) is 0 Å². The van der Waals surface area contributed by atoms with Gasteiger partial charge in [0, 0.05) is 24.0 Å². The Morgan fingerprint density at radius 1 is 1.28 bits per heavy atom. The lowest BCUT2D eigenvalue weighted by Gasteiger charge is -2.09. The molecule has 1 aromatic heterocycles. The number of hydrogen-bond donors (Lipinski definition) is 0. The third-order valence-electron chi connectivity index (χ3n) is 2.72. The van der Waals surface area contributed by atoms with Gasteiger partial charge in [-0.3, -0.25) is 4.98 Å². The van der Waals surface area contributed by atoms with E-state index < -0.39 is 0 Å². The molecule has 0 aliphatic heterocycles. The quantitative estimate of drug-likeness (QED) is 0.770. The number of ether oxygens (including phenoxy) is 1. The summed E-state index contributed by atoms with van der Waals surface area (Å²) >= 11 is 0. The van der Waals surface area contributed by atoms with Gasteiger partial charge >= 0.3 is 0 Å². The van der Waals surface area contributed by atoms with Crippen LogP contribution in [0, 0.1) is 5.82 Å². The molecule has 0 aliphatic rings. The van der Waals surface area contributed by atoms with E-state index >= 15 is 0 Å². The van der Waals surface area contributed by atoms with Gasteiger partial charge in [-0.1, -0.05) is 25.8 Å². The van der Waals surface area contributed by atoms with E-state index in [1.165, 1.54) is 6.07 Å². The normalized spacial score (nSPS) is 10.2. The lowest BCUT2D eigenvalue weighted by atomic mass is 9.49. The number of rotatable bonds is 4. The van der Waals surface area contributed by atoms with Gasteiger partial charge in [-0.25, -0.2) is 4.39 Å². The van der Waals surface area contributed by atoms with E-state index in [4.69, 9.17) is 4.74 Å². The van der Waals surface area contributed by atoms with E-state index in [0.29, 0.717) is 17.8 Å². The highest BCUT2D eigenvalue weighted by Crippen LogP contribution is 2.13. The van der Waals surface area contributed by atoms with Crippen molar-refractivity contribution in [3.63, 3.8) is 0 Å². The predicted molar refractivity (Wildman–Crippen MR) is 72.1 cm³/mol. The fraction of sp³-hybridized carbons (Fsp3) is 0.214. The number of benzene rings is 1. The third kappa shape index (κ3) is 3.09. The molecule has 0 N–H and O–H groups in total. The van der Waals surface area contributed by atoms with Gasteiger partial charge in [0.05, 0.1) is 0 Å². The highest BCUT2D eigenvalue weighted by Gasteiger charge is 2.10. The molecule has 2 aromatic rings. The van der Waals surface area contributed by atoms with Crippen LogP contribution in [0.2, 0.25) is 13.6 Å². The number of hydrogen-bond acceptors (Lipinski definition) is 2. The first-order valence-electron chi connectivity index (χ1n) is 5.98. The van der Waals surface area contributed by atoms with E-state index in [-0.39, 0.29) is 12.5 Å². The molecule has 2 nitrogen and oxygen atoms in total. The minimum atomic E-state index is -0.214. The molecule has 0 saturated carbocycles. The molecule has 0 unspecified atom stereocenters. The minimum Gasteiger partial charge on any atom is -0.489 e. The van der Waals surface area contributed by atoms with Crippen molar-refractivity contribution >= 4 is 12.2 Å². The Morgan fingerprint density at radius 2 is 2.11 bits per heavy atom. The fourth-order valence-corrected chi connectivity index (χ4v) is 1.72. The molecule has 0 spiro atoms. The first kappa shape index (κ1) is 12.6.